The Labute approximate surface area is 172 Å². The van der Waals surface area contributed by atoms with Crippen LogP contribution >= 0.6 is 11.6 Å². The highest BCUT2D eigenvalue weighted by Gasteiger charge is 2.54. The normalized spacial score (nSPS) is 27.4. The van der Waals surface area contributed by atoms with Crippen molar-refractivity contribution in [3.63, 3.8) is 0 Å². The lowest BCUT2D eigenvalue weighted by molar-refractivity contribution is 0.0773. The third-order valence-corrected chi connectivity index (χ3v) is 6.52. The molecule has 0 bridgehead atoms. The number of aliphatic hydroxyl groups excluding tert-OH is 1. The Hall–Kier alpha value is -1.52. The molecule has 0 amide bonds. The molecule has 5 atom stereocenters. The predicted octanol–water partition coefficient (Wildman–Crippen LogP) is 5.62. The molecule has 1 aliphatic heterocycles. The predicted molar refractivity (Wildman–Crippen MR) is 111 cm³/mol. The number of aryl methyl sites for hydroxylation is 1. The van der Waals surface area contributed by atoms with E-state index in [9.17, 15) is 9.90 Å². The lowest BCUT2D eigenvalue weighted by Crippen LogP contribution is -2.26. The molecule has 2 fully saturated rings. The Kier molecular flexibility index (Phi) is 7.05. The van der Waals surface area contributed by atoms with E-state index in [1.54, 1.807) is 0 Å². The molecule has 1 aromatic rings. The van der Waals surface area contributed by atoms with Crippen molar-refractivity contribution >= 4 is 17.8 Å². The Balaban J connectivity index is 1.72. The number of hydrogen-bond acceptors (Lipinski definition) is 4. The molecule has 0 radical (unpaired) electrons. The van der Waals surface area contributed by atoms with Crippen molar-refractivity contribution in [3.8, 4) is 0 Å². The third kappa shape index (κ3) is 4.72. The van der Waals surface area contributed by atoms with Gasteiger partial charge in [0, 0.05) is 10.9 Å². The number of fused-ring (bicyclic) bond motifs is 1. The van der Waals surface area contributed by atoms with Crippen LogP contribution in [0.2, 0.25) is 5.02 Å². The minimum atomic E-state index is -0.614. The first-order chi connectivity index (χ1) is 13.4. The maximum absolute atomic E-state index is 11.7. The molecule has 4 nitrogen and oxygen atoms in total. The number of carbonyl (C=O) groups is 1. The summed E-state index contributed by atoms with van der Waals surface area (Å²) in [5.74, 6) is 0.201. The zero-order chi connectivity index (χ0) is 20.3. The fourth-order valence-corrected chi connectivity index (χ4v) is 4.78. The number of aliphatic hydroxyl groups is 1. The van der Waals surface area contributed by atoms with Crippen LogP contribution < -0.4 is 0 Å². The summed E-state index contributed by atoms with van der Waals surface area (Å²) in [4.78, 5) is 11.7. The van der Waals surface area contributed by atoms with E-state index in [4.69, 9.17) is 21.1 Å². The first-order valence-electron chi connectivity index (χ1n) is 10.4. The zero-order valence-corrected chi connectivity index (χ0v) is 17.6. The summed E-state index contributed by atoms with van der Waals surface area (Å²) in [5.41, 5.74) is 3.14. The topological polar surface area (TPSA) is 55.8 Å². The lowest BCUT2D eigenvalue weighted by atomic mass is 9.83. The molecule has 1 saturated heterocycles. The second kappa shape index (κ2) is 9.32. The van der Waals surface area contributed by atoms with Crippen molar-refractivity contribution in [1.82, 2.24) is 0 Å². The zero-order valence-electron chi connectivity index (χ0n) is 16.8. The lowest BCUT2D eigenvalue weighted by Gasteiger charge is -2.24. The van der Waals surface area contributed by atoms with Gasteiger partial charge in [-0.15, -0.1) is 0 Å². The molecule has 5 heteroatoms. The van der Waals surface area contributed by atoms with Crippen LogP contribution in [0.5, 0.6) is 0 Å². The quantitative estimate of drug-likeness (QED) is 0.328. The van der Waals surface area contributed by atoms with Gasteiger partial charge in [-0.25, -0.2) is 4.79 Å². The van der Waals surface area contributed by atoms with E-state index in [2.05, 4.69) is 19.6 Å². The van der Waals surface area contributed by atoms with Crippen molar-refractivity contribution in [2.45, 2.75) is 77.1 Å². The van der Waals surface area contributed by atoms with Crippen molar-refractivity contribution in [2.75, 3.05) is 0 Å². The monoisotopic (exact) mass is 406 g/mol. The van der Waals surface area contributed by atoms with Crippen molar-refractivity contribution < 1.29 is 19.4 Å². The van der Waals surface area contributed by atoms with Gasteiger partial charge in [0.05, 0.1) is 6.10 Å². The molecule has 1 aliphatic carbocycles. The number of ether oxygens (including phenoxy) is 2. The van der Waals surface area contributed by atoms with Crippen molar-refractivity contribution in [2.24, 2.45) is 11.8 Å². The Morgan fingerprint density at radius 1 is 1.25 bits per heavy atom. The first kappa shape index (κ1) is 21.2. The molecule has 154 valence electrons. The van der Waals surface area contributed by atoms with Gasteiger partial charge >= 0.3 is 6.16 Å². The van der Waals surface area contributed by atoms with Crippen LogP contribution in [-0.4, -0.2) is 29.6 Å². The first-order valence-corrected chi connectivity index (χ1v) is 10.8. The standard InChI is InChI=1S/C23H31ClO4/c1-4-5-6-7-17(25)9-10-18-19(13-16-12-14(2)8-11-20(16)24)15(3)21-22(18)28-23(26)27-21/h8,11-12,17-19,21-22,25H,3-7,9-10,13H2,1-2H3/t17-,18+,19-,21+,22-/m0/s1. The Bertz CT molecular complexity index is 717. The van der Waals surface area contributed by atoms with Gasteiger partial charge in [0.1, 0.15) is 6.10 Å². The summed E-state index contributed by atoms with van der Waals surface area (Å²) >= 11 is 6.43. The second-order valence-corrected chi connectivity index (χ2v) is 8.65. The van der Waals surface area contributed by atoms with Crippen LogP contribution in [0, 0.1) is 18.8 Å². The number of halogens is 1. The second-order valence-electron chi connectivity index (χ2n) is 8.24. The smallest absolute Gasteiger partial charge is 0.426 e. The molecule has 1 heterocycles. The van der Waals surface area contributed by atoms with Gasteiger partial charge in [-0.3, -0.25) is 0 Å². The highest BCUT2D eigenvalue weighted by Crippen LogP contribution is 2.47. The largest absolute Gasteiger partial charge is 0.509 e. The molecular formula is C23H31ClO4. The summed E-state index contributed by atoms with van der Waals surface area (Å²) in [7, 11) is 0. The fourth-order valence-electron chi connectivity index (χ4n) is 4.59. The van der Waals surface area contributed by atoms with Gasteiger partial charge in [0.15, 0.2) is 6.10 Å². The fraction of sp³-hybridized carbons (Fsp3) is 0.609. The number of rotatable bonds is 9. The van der Waals surface area contributed by atoms with Crippen LogP contribution in [0.3, 0.4) is 0 Å². The number of benzene rings is 1. The van der Waals surface area contributed by atoms with E-state index in [-0.39, 0.29) is 30.1 Å². The van der Waals surface area contributed by atoms with E-state index in [1.807, 2.05) is 19.1 Å². The van der Waals surface area contributed by atoms with E-state index in [0.717, 1.165) is 60.2 Å². The molecule has 0 spiro atoms. The van der Waals surface area contributed by atoms with E-state index in [1.165, 1.54) is 0 Å². The molecule has 1 saturated carbocycles. The number of carbonyl (C=O) groups excluding carboxylic acids is 1. The molecular weight excluding hydrogens is 376 g/mol. The van der Waals surface area contributed by atoms with Crippen molar-refractivity contribution in [3.05, 3.63) is 46.5 Å². The van der Waals surface area contributed by atoms with E-state index < -0.39 is 6.16 Å². The molecule has 2 aliphatic rings. The van der Waals surface area contributed by atoms with Crippen LogP contribution in [0.25, 0.3) is 0 Å². The molecule has 0 unspecified atom stereocenters. The average molecular weight is 407 g/mol. The number of hydrogen-bond donors (Lipinski definition) is 1. The highest BCUT2D eigenvalue weighted by molar-refractivity contribution is 6.31. The molecule has 3 rings (SSSR count). The van der Waals surface area contributed by atoms with Gasteiger partial charge in [-0.1, -0.05) is 62.1 Å². The van der Waals surface area contributed by atoms with Gasteiger partial charge in [0.2, 0.25) is 0 Å². The van der Waals surface area contributed by atoms with Crippen molar-refractivity contribution in [1.29, 1.82) is 0 Å². The average Bonchev–Trinajstić information content (AvgIpc) is 3.14. The number of unbranched alkanes of at least 4 members (excludes halogenated alkanes) is 2. The molecule has 28 heavy (non-hydrogen) atoms. The SMILES string of the molecule is C=C1[C@H]2OC(=O)O[C@H]2[C@H](CC[C@@H](O)CCCCC)[C@H]1Cc1cc(C)ccc1Cl. The van der Waals surface area contributed by atoms with Gasteiger partial charge in [0.25, 0.3) is 0 Å². The summed E-state index contributed by atoms with van der Waals surface area (Å²) in [6.07, 6.45) is 4.73. The van der Waals surface area contributed by atoms with Crippen LogP contribution in [-0.2, 0) is 15.9 Å². The van der Waals surface area contributed by atoms with Gasteiger partial charge in [-0.2, -0.15) is 0 Å². The van der Waals surface area contributed by atoms with E-state index >= 15 is 0 Å². The third-order valence-electron chi connectivity index (χ3n) is 6.15. The van der Waals surface area contributed by atoms with Crippen LogP contribution in [0.4, 0.5) is 4.79 Å². The minimum absolute atomic E-state index is 0.0846. The minimum Gasteiger partial charge on any atom is -0.426 e. The summed E-state index contributed by atoms with van der Waals surface area (Å²) < 4.78 is 10.9. The van der Waals surface area contributed by atoms with Gasteiger partial charge < -0.3 is 14.6 Å². The molecule has 0 aromatic heterocycles. The summed E-state index contributed by atoms with van der Waals surface area (Å²) in [5, 5.41) is 11.1. The summed E-state index contributed by atoms with van der Waals surface area (Å²) in [6.45, 7) is 8.44. The highest BCUT2D eigenvalue weighted by atomic mass is 35.5. The van der Waals surface area contributed by atoms with Gasteiger partial charge in [-0.05, 0) is 55.7 Å². The van der Waals surface area contributed by atoms with Crippen LogP contribution in [0.15, 0.2) is 30.4 Å². The Morgan fingerprint density at radius 2 is 2.04 bits per heavy atom. The summed E-state index contributed by atoms with van der Waals surface area (Å²) in [6, 6.07) is 6.03. The van der Waals surface area contributed by atoms with Crippen LogP contribution in [0.1, 0.15) is 56.6 Å². The Morgan fingerprint density at radius 3 is 2.79 bits per heavy atom. The molecule has 1 aromatic carbocycles. The molecule has 1 N–H and O–H groups in total. The maximum atomic E-state index is 11.7. The maximum Gasteiger partial charge on any atom is 0.509 e. The van der Waals surface area contributed by atoms with E-state index in [0.29, 0.717) is 6.42 Å².